The van der Waals surface area contributed by atoms with Crippen molar-refractivity contribution in [2.24, 2.45) is 0 Å². The number of rotatable bonds is 4. The Morgan fingerprint density at radius 2 is 1.92 bits per heavy atom. The maximum Gasteiger partial charge on any atom is 0.306 e. The molecule has 0 aliphatic rings. The van der Waals surface area contributed by atoms with Crippen molar-refractivity contribution in [1.82, 2.24) is 0 Å². The molecular weight excluding hydrogens is 188 g/mol. The van der Waals surface area contributed by atoms with Gasteiger partial charge < -0.3 is 4.74 Å². The molecule has 13 heavy (non-hydrogen) atoms. The molecule has 76 valence electrons. The quantitative estimate of drug-likeness (QED) is 0.400. The van der Waals surface area contributed by atoms with Crippen LogP contribution in [0.1, 0.15) is 33.6 Å². The summed E-state index contributed by atoms with van der Waals surface area (Å²) < 4.78 is 5.11. The van der Waals surface area contributed by atoms with Gasteiger partial charge in [-0.05, 0) is 27.2 Å². The van der Waals surface area contributed by atoms with Crippen molar-refractivity contribution in [2.45, 2.75) is 39.2 Å². The number of allylic oxidation sites excluding steroid dienone is 1. The van der Waals surface area contributed by atoms with E-state index < -0.39 is 5.60 Å². The van der Waals surface area contributed by atoms with Crippen LogP contribution < -0.4 is 0 Å². The van der Waals surface area contributed by atoms with Gasteiger partial charge in [0.15, 0.2) is 0 Å². The number of esters is 1. The monoisotopic (exact) mass is 204 g/mol. The smallest absolute Gasteiger partial charge is 0.306 e. The van der Waals surface area contributed by atoms with Gasteiger partial charge in [-0.3, -0.25) is 4.79 Å². The molecule has 0 aromatic rings. The Hall–Kier alpha value is -0.500. The lowest BCUT2D eigenvalue weighted by Crippen LogP contribution is -2.23. The van der Waals surface area contributed by atoms with Crippen molar-refractivity contribution in [3.05, 3.63) is 12.2 Å². The van der Waals surface area contributed by atoms with E-state index in [1.165, 1.54) is 0 Å². The molecule has 0 aromatic heterocycles. The average molecular weight is 205 g/mol. The van der Waals surface area contributed by atoms with Gasteiger partial charge in [0.25, 0.3) is 0 Å². The Kier molecular flexibility index (Phi) is 5.07. The summed E-state index contributed by atoms with van der Waals surface area (Å²) in [5.41, 5.74) is 0.465. The predicted octanol–water partition coefficient (Wildman–Crippen LogP) is 2.90. The Balaban J connectivity index is 3.71. The maximum atomic E-state index is 11.2. The zero-order valence-electron chi connectivity index (χ0n) is 8.52. The van der Waals surface area contributed by atoms with E-state index in [-0.39, 0.29) is 5.97 Å². The van der Waals surface area contributed by atoms with Crippen LogP contribution in [0.5, 0.6) is 0 Å². The van der Waals surface area contributed by atoms with Crippen LogP contribution in [0, 0.1) is 0 Å². The van der Waals surface area contributed by atoms with Crippen LogP contribution in [-0.4, -0.2) is 17.5 Å². The molecule has 0 aromatic carbocycles. The Labute approximate surface area is 84.9 Å². The molecule has 0 amide bonds. The van der Waals surface area contributed by atoms with Gasteiger partial charge in [-0.25, -0.2) is 0 Å². The van der Waals surface area contributed by atoms with Gasteiger partial charge in [0, 0.05) is 12.3 Å². The van der Waals surface area contributed by atoms with E-state index in [2.05, 4.69) is 6.58 Å². The summed E-state index contributed by atoms with van der Waals surface area (Å²) in [6, 6.07) is 0. The molecule has 0 spiro atoms. The molecule has 0 fully saturated rings. The fourth-order valence-corrected chi connectivity index (χ4v) is 0.872. The normalized spacial score (nSPS) is 11.1. The highest BCUT2D eigenvalue weighted by Crippen LogP contribution is 2.11. The second-order valence-electron chi connectivity index (χ2n) is 3.97. The maximum absolute atomic E-state index is 11.2. The van der Waals surface area contributed by atoms with Gasteiger partial charge in [0.05, 0.1) is 0 Å². The molecule has 0 saturated heterocycles. The largest absolute Gasteiger partial charge is 0.460 e. The van der Waals surface area contributed by atoms with E-state index in [4.69, 9.17) is 16.3 Å². The minimum Gasteiger partial charge on any atom is -0.460 e. The lowest BCUT2D eigenvalue weighted by Gasteiger charge is -2.19. The van der Waals surface area contributed by atoms with E-state index in [1.807, 2.05) is 20.8 Å². The molecule has 0 bridgehead atoms. The van der Waals surface area contributed by atoms with Crippen molar-refractivity contribution >= 4 is 17.6 Å². The van der Waals surface area contributed by atoms with Crippen molar-refractivity contribution in [3.8, 4) is 0 Å². The third kappa shape index (κ3) is 7.85. The molecule has 0 atom stereocenters. The van der Waals surface area contributed by atoms with Gasteiger partial charge in [0.2, 0.25) is 0 Å². The standard InChI is InChI=1S/C10H17ClO2/c1-8(7-11)5-6-9(12)13-10(2,3)4/h1,5-7H2,2-4H3. The van der Waals surface area contributed by atoms with Gasteiger partial charge in [-0.15, -0.1) is 11.6 Å². The summed E-state index contributed by atoms with van der Waals surface area (Å²) in [5.74, 6) is 0.210. The Morgan fingerprint density at radius 1 is 1.38 bits per heavy atom. The molecule has 0 heterocycles. The van der Waals surface area contributed by atoms with E-state index in [0.717, 1.165) is 5.57 Å². The zero-order chi connectivity index (χ0) is 10.5. The van der Waals surface area contributed by atoms with E-state index in [0.29, 0.717) is 18.7 Å². The first-order chi connectivity index (χ1) is 5.85. The summed E-state index contributed by atoms with van der Waals surface area (Å²) in [7, 11) is 0. The number of ether oxygens (including phenoxy) is 1. The van der Waals surface area contributed by atoms with Gasteiger partial charge in [-0.1, -0.05) is 12.2 Å². The number of halogens is 1. The van der Waals surface area contributed by atoms with Crippen LogP contribution in [0.25, 0.3) is 0 Å². The molecule has 0 radical (unpaired) electrons. The van der Waals surface area contributed by atoms with Crippen molar-refractivity contribution in [2.75, 3.05) is 5.88 Å². The average Bonchev–Trinajstić information content (AvgIpc) is 1.97. The van der Waals surface area contributed by atoms with Gasteiger partial charge in [-0.2, -0.15) is 0 Å². The second-order valence-corrected chi connectivity index (χ2v) is 4.24. The highest BCUT2D eigenvalue weighted by molar-refractivity contribution is 6.19. The first kappa shape index (κ1) is 12.5. The van der Waals surface area contributed by atoms with Gasteiger partial charge >= 0.3 is 5.97 Å². The fourth-order valence-electron chi connectivity index (χ4n) is 0.738. The summed E-state index contributed by atoms with van der Waals surface area (Å²) >= 11 is 5.52. The SMILES string of the molecule is C=C(CCl)CCC(=O)OC(C)(C)C. The molecule has 0 aliphatic carbocycles. The number of carbonyl (C=O) groups excluding carboxylic acids is 1. The van der Waals surface area contributed by atoms with Crippen LogP contribution in [-0.2, 0) is 9.53 Å². The van der Waals surface area contributed by atoms with Crippen LogP contribution in [0.3, 0.4) is 0 Å². The first-order valence-electron chi connectivity index (χ1n) is 4.29. The van der Waals surface area contributed by atoms with E-state index >= 15 is 0 Å². The minimum atomic E-state index is -0.403. The lowest BCUT2D eigenvalue weighted by molar-refractivity contribution is -0.154. The molecule has 0 rings (SSSR count). The molecule has 3 heteroatoms. The molecule has 2 nitrogen and oxygen atoms in total. The number of hydrogen-bond donors (Lipinski definition) is 0. The minimum absolute atomic E-state index is 0.196. The summed E-state index contributed by atoms with van der Waals surface area (Å²) in [5, 5.41) is 0. The molecule has 0 unspecified atom stereocenters. The van der Waals surface area contributed by atoms with Crippen molar-refractivity contribution < 1.29 is 9.53 Å². The van der Waals surface area contributed by atoms with E-state index in [1.54, 1.807) is 0 Å². The van der Waals surface area contributed by atoms with Crippen LogP contribution in [0.2, 0.25) is 0 Å². The third-order valence-corrected chi connectivity index (χ3v) is 1.67. The topological polar surface area (TPSA) is 26.3 Å². The Morgan fingerprint density at radius 3 is 2.31 bits per heavy atom. The molecule has 0 N–H and O–H groups in total. The zero-order valence-corrected chi connectivity index (χ0v) is 9.28. The van der Waals surface area contributed by atoms with Crippen LogP contribution >= 0.6 is 11.6 Å². The second kappa shape index (κ2) is 5.28. The number of hydrogen-bond acceptors (Lipinski definition) is 2. The summed E-state index contributed by atoms with van der Waals surface area (Å²) in [6.07, 6.45) is 0.973. The Bertz CT molecular complexity index is 192. The summed E-state index contributed by atoms with van der Waals surface area (Å²) in [6.45, 7) is 9.25. The number of carbonyl (C=O) groups is 1. The molecular formula is C10H17ClO2. The van der Waals surface area contributed by atoms with E-state index in [9.17, 15) is 4.79 Å². The number of alkyl halides is 1. The molecule has 0 saturated carbocycles. The first-order valence-corrected chi connectivity index (χ1v) is 4.83. The van der Waals surface area contributed by atoms with Crippen LogP contribution in [0.15, 0.2) is 12.2 Å². The summed E-state index contributed by atoms with van der Waals surface area (Å²) in [4.78, 5) is 11.2. The highest BCUT2D eigenvalue weighted by atomic mass is 35.5. The van der Waals surface area contributed by atoms with Gasteiger partial charge in [0.1, 0.15) is 5.60 Å². The third-order valence-electron chi connectivity index (χ3n) is 1.29. The van der Waals surface area contributed by atoms with Crippen molar-refractivity contribution in [1.29, 1.82) is 0 Å². The predicted molar refractivity (Wildman–Crippen MR) is 54.9 cm³/mol. The lowest BCUT2D eigenvalue weighted by atomic mass is 10.1. The molecule has 0 aliphatic heterocycles. The fraction of sp³-hybridized carbons (Fsp3) is 0.700. The highest BCUT2D eigenvalue weighted by Gasteiger charge is 2.15. The van der Waals surface area contributed by atoms with Crippen LogP contribution in [0.4, 0.5) is 0 Å². The van der Waals surface area contributed by atoms with Crippen molar-refractivity contribution in [3.63, 3.8) is 0 Å².